The van der Waals surface area contributed by atoms with E-state index < -0.39 is 0 Å². The van der Waals surface area contributed by atoms with Gasteiger partial charge in [0.15, 0.2) is 0 Å². The Hall–Kier alpha value is -1.06. The van der Waals surface area contributed by atoms with Crippen molar-refractivity contribution in [3.8, 4) is 0 Å². The summed E-state index contributed by atoms with van der Waals surface area (Å²) in [6.45, 7) is 11.1. The summed E-state index contributed by atoms with van der Waals surface area (Å²) in [6.07, 6.45) is 3.77. The molecule has 0 aliphatic carbocycles. The van der Waals surface area contributed by atoms with E-state index in [4.69, 9.17) is 5.73 Å². The number of hydrogen-bond donors (Lipinski definition) is 1. The van der Waals surface area contributed by atoms with Crippen molar-refractivity contribution in [2.24, 2.45) is 5.73 Å². The molecular formula is C14H19BrN2. The van der Waals surface area contributed by atoms with Crippen LogP contribution in [0.25, 0.3) is 0 Å². The molecule has 0 amide bonds. The molecule has 0 aromatic heterocycles. The molecule has 2 N–H and O–H groups in total. The summed E-state index contributed by atoms with van der Waals surface area (Å²) in [5.41, 5.74) is 8.12. The second-order valence-electron chi connectivity index (χ2n) is 3.98. The Kier molecular flexibility index (Phi) is 5.45. The van der Waals surface area contributed by atoms with Crippen LogP contribution in [0.3, 0.4) is 0 Å². The van der Waals surface area contributed by atoms with Crippen LogP contribution in [0.2, 0.25) is 0 Å². The third-order valence-electron chi connectivity index (χ3n) is 2.54. The Bertz CT molecular complexity index is 389. The molecule has 0 aliphatic rings. The van der Waals surface area contributed by atoms with Gasteiger partial charge in [-0.3, -0.25) is 0 Å². The summed E-state index contributed by atoms with van der Waals surface area (Å²) in [5.74, 6) is 0. The molecule has 0 heterocycles. The van der Waals surface area contributed by atoms with Gasteiger partial charge in [-0.25, -0.2) is 0 Å². The zero-order valence-electron chi connectivity index (χ0n) is 10.2. The van der Waals surface area contributed by atoms with Crippen LogP contribution in [0.1, 0.15) is 18.5 Å². The molecule has 0 bridgehead atoms. The Morgan fingerprint density at radius 1 is 1.35 bits per heavy atom. The topological polar surface area (TPSA) is 29.3 Å². The van der Waals surface area contributed by atoms with Gasteiger partial charge >= 0.3 is 0 Å². The van der Waals surface area contributed by atoms with Gasteiger partial charge < -0.3 is 10.6 Å². The second-order valence-corrected chi connectivity index (χ2v) is 4.84. The summed E-state index contributed by atoms with van der Waals surface area (Å²) in [7, 11) is 0. The molecule has 1 rings (SSSR count). The zero-order valence-corrected chi connectivity index (χ0v) is 11.8. The first kappa shape index (κ1) is 14.0. The first-order valence-electron chi connectivity index (χ1n) is 5.62. The summed E-state index contributed by atoms with van der Waals surface area (Å²) < 4.78 is 1.05. The van der Waals surface area contributed by atoms with Crippen molar-refractivity contribution in [2.45, 2.75) is 13.0 Å². The van der Waals surface area contributed by atoms with Crippen molar-refractivity contribution in [3.05, 3.63) is 53.5 Å². The first-order valence-corrected chi connectivity index (χ1v) is 6.41. The molecule has 1 atom stereocenters. The molecular weight excluding hydrogens is 276 g/mol. The van der Waals surface area contributed by atoms with Crippen LogP contribution in [0, 0.1) is 0 Å². The molecule has 0 unspecified atom stereocenters. The maximum Gasteiger partial charge on any atom is 0.0516 e. The Morgan fingerprint density at radius 2 is 1.94 bits per heavy atom. The van der Waals surface area contributed by atoms with Gasteiger partial charge in [0.25, 0.3) is 0 Å². The molecule has 0 saturated heterocycles. The number of nitrogens with two attached hydrogens (primary N) is 1. The molecule has 0 aliphatic heterocycles. The average molecular weight is 295 g/mol. The molecule has 0 spiro atoms. The van der Waals surface area contributed by atoms with E-state index in [1.807, 2.05) is 19.1 Å². The lowest BCUT2D eigenvalue weighted by atomic mass is 10.1. The Morgan fingerprint density at radius 3 is 2.35 bits per heavy atom. The van der Waals surface area contributed by atoms with Gasteiger partial charge in [0, 0.05) is 23.6 Å². The van der Waals surface area contributed by atoms with Gasteiger partial charge in [0.2, 0.25) is 0 Å². The largest absolute Gasteiger partial charge is 0.363 e. The van der Waals surface area contributed by atoms with Crippen molar-refractivity contribution < 1.29 is 0 Å². The van der Waals surface area contributed by atoms with Crippen LogP contribution >= 0.6 is 15.9 Å². The lowest BCUT2D eigenvalue weighted by molar-refractivity contribution is 0.816. The van der Waals surface area contributed by atoms with E-state index in [1.165, 1.54) is 0 Å². The average Bonchev–Trinajstić information content (AvgIpc) is 2.28. The number of benzene rings is 1. The molecule has 17 heavy (non-hydrogen) atoms. The maximum absolute atomic E-state index is 5.86. The monoisotopic (exact) mass is 294 g/mol. The van der Waals surface area contributed by atoms with E-state index in [-0.39, 0.29) is 6.04 Å². The number of anilines is 1. The quantitative estimate of drug-likeness (QED) is 0.812. The Labute approximate surface area is 112 Å². The fourth-order valence-electron chi connectivity index (χ4n) is 1.65. The summed E-state index contributed by atoms with van der Waals surface area (Å²) >= 11 is 3.59. The molecule has 3 heteroatoms. The molecule has 0 fully saturated rings. The number of nitrogens with zero attached hydrogens (tertiary/aromatic N) is 1. The van der Waals surface area contributed by atoms with Gasteiger partial charge in [0.05, 0.1) is 5.69 Å². The van der Waals surface area contributed by atoms with Crippen LogP contribution in [0.15, 0.2) is 48.0 Å². The Balaban J connectivity index is 3.03. The van der Waals surface area contributed by atoms with Crippen molar-refractivity contribution >= 4 is 21.6 Å². The lowest BCUT2D eigenvalue weighted by Gasteiger charge is -2.23. The van der Waals surface area contributed by atoms with Crippen LogP contribution in [-0.4, -0.2) is 13.1 Å². The van der Waals surface area contributed by atoms with E-state index in [1.54, 1.807) is 0 Å². The van der Waals surface area contributed by atoms with Crippen LogP contribution in [0.5, 0.6) is 0 Å². The van der Waals surface area contributed by atoms with Crippen molar-refractivity contribution in [2.75, 3.05) is 18.0 Å². The third kappa shape index (κ3) is 3.72. The van der Waals surface area contributed by atoms with Gasteiger partial charge in [0.1, 0.15) is 0 Å². The molecule has 92 valence electrons. The highest BCUT2D eigenvalue weighted by molar-refractivity contribution is 9.10. The summed E-state index contributed by atoms with van der Waals surface area (Å²) in [6, 6.07) is 6.26. The molecule has 0 saturated carbocycles. The van der Waals surface area contributed by atoms with Crippen molar-refractivity contribution in [3.63, 3.8) is 0 Å². The van der Waals surface area contributed by atoms with E-state index in [9.17, 15) is 0 Å². The zero-order chi connectivity index (χ0) is 12.8. The predicted molar refractivity (Wildman–Crippen MR) is 79.4 cm³/mol. The van der Waals surface area contributed by atoms with Gasteiger partial charge in [-0.05, 0) is 40.5 Å². The minimum Gasteiger partial charge on any atom is -0.363 e. The highest BCUT2D eigenvalue weighted by Gasteiger charge is 2.09. The SMILES string of the molecule is C=CCN(CC=C)c1ccc([C@H](C)N)cc1Br. The van der Waals surface area contributed by atoms with Crippen molar-refractivity contribution in [1.29, 1.82) is 0 Å². The third-order valence-corrected chi connectivity index (χ3v) is 3.17. The number of halogens is 1. The summed E-state index contributed by atoms with van der Waals surface area (Å²) in [4.78, 5) is 2.19. The van der Waals surface area contributed by atoms with Crippen LogP contribution in [-0.2, 0) is 0 Å². The lowest BCUT2D eigenvalue weighted by Crippen LogP contribution is -2.23. The molecule has 1 aromatic carbocycles. The van der Waals surface area contributed by atoms with Gasteiger partial charge in [-0.15, -0.1) is 13.2 Å². The minimum absolute atomic E-state index is 0.0487. The van der Waals surface area contributed by atoms with E-state index in [0.29, 0.717) is 0 Å². The second kappa shape index (κ2) is 6.62. The van der Waals surface area contributed by atoms with E-state index >= 15 is 0 Å². The molecule has 2 nitrogen and oxygen atoms in total. The number of rotatable bonds is 6. The normalized spacial score (nSPS) is 11.9. The fraction of sp³-hybridized carbons (Fsp3) is 0.286. The molecule has 1 aromatic rings. The predicted octanol–water partition coefficient (Wildman–Crippen LogP) is 3.65. The maximum atomic E-state index is 5.86. The fourth-order valence-corrected chi connectivity index (χ4v) is 2.29. The van der Waals surface area contributed by atoms with Gasteiger partial charge in [-0.1, -0.05) is 18.2 Å². The standard InChI is InChI=1S/C14H19BrN2/c1-4-8-17(9-5-2)14-7-6-12(11(3)16)10-13(14)15/h4-7,10-11H,1-2,8-9,16H2,3H3/t11-/m0/s1. The van der Waals surface area contributed by atoms with Crippen LogP contribution in [0.4, 0.5) is 5.69 Å². The van der Waals surface area contributed by atoms with E-state index in [2.05, 4.69) is 52.2 Å². The summed E-state index contributed by atoms with van der Waals surface area (Å²) in [5, 5.41) is 0. The number of hydrogen-bond acceptors (Lipinski definition) is 2. The highest BCUT2D eigenvalue weighted by atomic mass is 79.9. The van der Waals surface area contributed by atoms with Crippen LogP contribution < -0.4 is 10.6 Å². The molecule has 0 radical (unpaired) electrons. The van der Waals surface area contributed by atoms with Gasteiger partial charge in [-0.2, -0.15) is 0 Å². The minimum atomic E-state index is 0.0487. The first-order chi connectivity index (χ1) is 8.10. The smallest absolute Gasteiger partial charge is 0.0516 e. The van der Waals surface area contributed by atoms with Crippen molar-refractivity contribution in [1.82, 2.24) is 0 Å². The highest BCUT2D eigenvalue weighted by Crippen LogP contribution is 2.29. The van der Waals surface area contributed by atoms with E-state index in [0.717, 1.165) is 28.8 Å².